The van der Waals surface area contributed by atoms with Gasteiger partial charge in [0, 0.05) is 15.3 Å². The number of hydrogen-bond donors (Lipinski definition) is 0. The minimum absolute atomic E-state index is 0.576. The molecule has 2 aromatic carbocycles. The molecule has 2 rings (SSSR count). The molecule has 0 fully saturated rings. The second-order valence-corrected chi connectivity index (χ2v) is 4.08. The molecule has 86 valence electrons. The molecule has 3 nitrogen and oxygen atoms in total. The van der Waals surface area contributed by atoms with Crippen LogP contribution in [0.1, 0.15) is 0 Å². The van der Waals surface area contributed by atoms with Crippen molar-refractivity contribution in [2.75, 3.05) is 0 Å². The van der Waals surface area contributed by atoms with E-state index in [0.717, 1.165) is 0 Å². The predicted molar refractivity (Wildman–Crippen MR) is 68.0 cm³/mol. The Kier molecular flexibility index (Phi) is 3.96. The summed E-state index contributed by atoms with van der Waals surface area (Å²) >= 11 is 11.5. The van der Waals surface area contributed by atoms with Gasteiger partial charge in [0.15, 0.2) is 5.75 Å². The molecule has 0 unspecified atom stereocenters. The van der Waals surface area contributed by atoms with Crippen molar-refractivity contribution in [2.45, 2.75) is 0 Å². The van der Waals surface area contributed by atoms with Crippen molar-refractivity contribution in [3.05, 3.63) is 58.6 Å². The van der Waals surface area contributed by atoms with Gasteiger partial charge in [-0.2, -0.15) is 0 Å². The maximum atomic E-state index is 5.74. The van der Waals surface area contributed by atoms with Gasteiger partial charge in [-0.3, -0.25) is 0 Å². The molecular formula is C12H8Cl2N2O. The lowest BCUT2D eigenvalue weighted by Gasteiger charge is -1.96. The minimum atomic E-state index is 0.576. The van der Waals surface area contributed by atoms with Gasteiger partial charge >= 0.3 is 0 Å². The van der Waals surface area contributed by atoms with Gasteiger partial charge in [-0.15, -0.1) is 5.11 Å². The number of benzene rings is 2. The van der Waals surface area contributed by atoms with Crippen molar-refractivity contribution in [1.82, 2.24) is 0 Å². The van der Waals surface area contributed by atoms with Gasteiger partial charge in [-0.25, -0.2) is 0 Å². The molecule has 0 radical (unpaired) electrons. The molecule has 0 aliphatic carbocycles. The van der Waals surface area contributed by atoms with E-state index in [1.807, 2.05) is 0 Å². The van der Waals surface area contributed by atoms with E-state index in [9.17, 15) is 0 Å². The average molecular weight is 267 g/mol. The lowest BCUT2D eigenvalue weighted by Crippen LogP contribution is -1.79. The molecule has 0 saturated heterocycles. The Morgan fingerprint density at radius 3 is 1.88 bits per heavy atom. The van der Waals surface area contributed by atoms with Crippen molar-refractivity contribution in [3.63, 3.8) is 0 Å². The average Bonchev–Trinajstić information content (AvgIpc) is 2.34. The Balaban J connectivity index is 1.97. The molecule has 2 aromatic rings. The standard InChI is InChI=1S/C12H8Cl2N2O/c13-9-1-5-11(6-2-9)15-16-17-12-7-3-10(14)4-8-12/h1-8H. The Hall–Kier alpha value is -1.58. The molecule has 0 bridgehead atoms. The fourth-order valence-corrected chi connectivity index (χ4v) is 1.37. The van der Waals surface area contributed by atoms with E-state index in [1.165, 1.54) is 0 Å². The summed E-state index contributed by atoms with van der Waals surface area (Å²) in [6.07, 6.45) is 0. The smallest absolute Gasteiger partial charge is 0.160 e. The maximum absolute atomic E-state index is 5.74. The largest absolute Gasteiger partial charge is 0.339 e. The first-order chi connectivity index (χ1) is 8.24. The topological polar surface area (TPSA) is 34.0 Å². The van der Waals surface area contributed by atoms with Crippen molar-refractivity contribution in [2.24, 2.45) is 10.4 Å². The third-order valence-corrected chi connectivity index (χ3v) is 2.45. The summed E-state index contributed by atoms with van der Waals surface area (Å²) in [4.78, 5) is 5.06. The maximum Gasteiger partial charge on any atom is 0.160 e. The van der Waals surface area contributed by atoms with Crippen molar-refractivity contribution < 1.29 is 4.84 Å². The van der Waals surface area contributed by atoms with Crippen LogP contribution in [0.3, 0.4) is 0 Å². The fourth-order valence-electron chi connectivity index (χ4n) is 1.12. The molecule has 0 aliphatic heterocycles. The van der Waals surface area contributed by atoms with Crippen LogP contribution in [-0.4, -0.2) is 0 Å². The number of halogens is 2. The van der Waals surface area contributed by atoms with Gasteiger partial charge in [0.1, 0.15) is 0 Å². The minimum Gasteiger partial charge on any atom is -0.339 e. The highest BCUT2D eigenvalue weighted by molar-refractivity contribution is 6.30. The van der Waals surface area contributed by atoms with Crippen LogP contribution in [0.25, 0.3) is 0 Å². The third-order valence-electron chi connectivity index (χ3n) is 1.94. The van der Waals surface area contributed by atoms with E-state index in [2.05, 4.69) is 10.4 Å². The van der Waals surface area contributed by atoms with Crippen LogP contribution < -0.4 is 4.84 Å². The van der Waals surface area contributed by atoms with Gasteiger partial charge in [0.25, 0.3) is 0 Å². The quantitative estimate of drug-likeness (QED) is 0.564. The highest BCUT2D eigenvalue weighted by Crippen LogP contribution is 2.18. The van der Waals surface area contributed by atoms with Crippen LogP contribution in [0, 0.1) is 0 Å². The Morgan fingerprint density at radius 2 is 1.29 bits per heavy atom. The summed E-state index contributed by atoms with van der Waals surface area (Å²) in [5, 5.41) is 8.79. The van der Waals surface area contributed by atoms with E-state index in [-0.39, 0.29) is 0 Å². The van der Waals surface area contributed by atoms with E-state index in [4.69, 9.17) is 28.0 Å². The molecule has 0 N–H and O–H groups in total. The predicted octanol–water partition coefficient (Wildman–Crippen LogP) is 5.07. The van der Waals surface area contributed by atoms with E-state index in [1.54, 1.807) is 48.5 Å². The summed E-state index contributed by atoms with van der Waals surface area (Å²) < 4.78 is 0. The molecule has 5 heteroatoms. The monoisotopic (exact) mass is 266 g/mol. The summed E-state index contributed by atoms with van der Waals surface area (Å²) in [7, 11) is 0. The zero-order valence-electron chi connectivity index (χ0n) is 8.68. The lowest BCUT2D eigenvalue weighted by atomic mass is 10.3. The number of rotatable bonds is 3. The molecule has 0 saturated carbocycles. The first-order valence-corrected chi connectivity index (χ1v) is 5.59. The van der Waals surface area contributed by atoms with Crippen LogP contribution in [-0.2, 0) is 0 Å². The second-order valence-electron chi connectivity index (χ2n) is 3.20. The molecule has 0 heterocycles. The van der Waals surface area contributed by atoms with Crippen LogP contribution in [0.5, 0.6) is 5.75 Å². The second kappa shape index (κ2) is 5.66. The molecule has 0 spiro atoms. The third kappa shape index (κ3) is 3.73. The summed E-state index contributed by atoms with van der Waals surface area (Å²) in [5.41, 5.74) is 0.670. The summed E-state index contributed by atoms with van der Waals surface area (Å²) in [6, 6.07) is 13.8. The zero-order valence-corrected chi connectivity index (χ0v) is 10.2. The van der Waals surface area contributed by atoms with Gasteiger partial charge in [0.2, 0.25) is 0 Å². The van der Waals surface area contributed by atoms with Crippen molar-refractivity contribution in [3.8, 4) is 5.75 Å². The van der Waals surface area contributed by atoms with Gasteiger partial charge < -0.3 is 4.84 Å². The van der Waals surface area contributed by atoms with E-state index in [0.29, 0.717) is 21.5 Å². The van der Waals surface area contributed by atoms with Crippen LogP contribution >= 0.6 is 23.2 Å². The molecule has 17 heavy (non-hydrogen) atoms. The molecule has 0 atom stereocenters. The highest BCUT2D eigenvalue weighted by atomic mass is 35.5. The van der Waals surface area contributed by atoms with Crippen LogP contribution in [0.2, 0.25) is 10.0 Å². The first-order valence-electron chi connectivity index (χ1n) is 4.83. The number of nitrogens with zero attached hydrogens (tertiary/aromatic N) is 2. The Morgan fingerprint density at radius 1 is 0.765 bits per heavy atom. The normalized spacial score (nSPS) is 10.7. The lowest BCUT2D eigenvalue weighted by molar-refractivity contribution is 0.313. The van der Waals surface area contributed by atoms with E-state index < -0.39 is 0 Å². The van der Waals surface area contributed by atoms with E-state index >= 15 is 0 Å². The molecule has 0 aliphatic rings. The van der Waals surface area contributed by atoms with Gasteiger partial charge in [0.05, 0.1) is 5.69 Å². The van der Waals surface area contributed by atoms with Crippen LogP contribution in [0.4, 0.5) is 5.69 Å². The molecule has 0 aromatic heterocycles. The van der Waals surface area contributed by atoms with Crippen molar-refractivity contribution >= 4 is 28.9 Å². The molecular weight excluding hydrogens is 259 g/mol. The Labute approximate surface area is 109 Å². The summed E-state index contributed by atoms with van der Waals surface area (Å²) in [5.74, 6) is 0.576. The Bertz CT molecular complexity index is 509. The fraction of sp³-hybridized carbons (Fsp3) is 0. The van der Waals surface area contributed by atoms with Gasteiger partial charge in [-0.05, 0) is 48.5 Å². The summed E-state index contributed by atoms with van der Waals surface area (Å²) in [6.45, 7) is 0. The SMILES string of the molecule is Clc1ccc(N=NOc2ccc(Cl)cc2)cc1. The first kappa shape index (κ1) is 11.9. The van der Waals surface area contributed by atoms with Gasteiger partial charge in [-0.1, -0.05) is 23.2 Å². The number of hydrogen-bond acceptors (Lipinski definition) is 3. The van der Waals surface area contributed by atoms with Crippen LogP contribution in [0.15, 0.2) is 58.9 Å². The zero-order chi connectivity index (χ0) is 12.1. The highest BCUT2D eigenvalue weighted by Gasteiger charge is 1.93. The molecule has 0 amide bonds. The van der Waals surface area contributed by atoms with Crippen molar-refractivity contribution in [1.29, 1.82) is 0 Å².